The van der Waals surface area contributed by atoms with Gasteiger partial charge < -0.3 is 10.1 Å². The molecular weight excluding hydrogens is 489 g/mol. The molecule has 1 atom stereocenters. The lowest BCUT2D eigenvalue weighted by atomic mass is 10.1. The van der Waals surface area contributed by atoms with Crippen molar-refractivity contribution in [3.8, 4) is 5.75 Å². The summed E-state index contributed by atoms with van der Waals surface area (Å²) in [7, 11) is 1.61. The van der Waals surface area contributed by atoms with Crippen LogP contribution in [-0.4, -0.2) is 40.8 Å². The summed E-state index contributed by atoms with van der Waals surface area (Å²) in [5.74, 6) is -0.471. The van der Waals surface area contributed by atoms with Gasteiger partial charge in [0.25, 0.3) is 0 Å². The van der Waals surface area contributed by atoms with Crippen molar-refractivity contribution in [2.45, 2.75) is 18.1 Å². The molecule has 9 heteroatoms. The van der Waals surface area contributed by atoms with Gasteiger partial charge >= 0.3 is 0 Å². The Bertz CT molecular complexity index is 1250. The molecule has 0 spiro atoms. The van der Waals surface area contributed by atoms with Crippen molar-refractivity contribution < 1.29 is 18.7 Å². The van der Waals surface area contributed by atoms with Crippen molar-refractivity contribution >= 4 is 51.7 Å². The molecule has 0 saturated carbocycles. The van der Waals surface area contributed by atoms with Crippen LogP contribution in [0.2, 0.25) is 5.02 Å². The molecule has 3 aromatic rings. The first-order chi connectivity index (χ1) is 16.9. The quantitative estimate of drug-likeness (QED) is 0.442. The van der Waals surface area contributed by atoms with E-state index in [1.165, 1.54) is 23.9 Å². The number of ether oxygens (including phenoxy) is 1. The zero-order chi connectivity index (χ0) is 24.8. The van der Waals surface area contributed by atoms with Crippen molar-refractivity contribution in [3.63, 3.8) is 0 Å². The largest absolute Gasteiger partial charge is 0.497 e. The summed E-state index contributed by atoms with van der Waals surface area (Å²) >= 11 is 7.29. The van der Waals surface area contributed by atoms with Crippen LogP contribution in [0.4, 0.5) is 15.8 Å². The number of hydrogen-bond donors (Lipinski definition) is 1. The van der Waals surface area contributed by atoms with Gasteiger partial charge in [-0.1, -0.05) is 53.7 Å². The van der Waals surface area contributed by atoms with Gasteiger partial charge in [0.1, 0.15) is 16.8 Å². The third-order valence-corrected chi connectivity index (χ3v) is 6.80. The van der Waals surface area contributed by atoms with Gasteiger partial charge in [-0.15, -0.1) is 0 Å². The zero-order valence-corrected chi connectivity index (χ0v) is 20.5. The van der Waals surface area contributed by atoms with Crippen LogP contribution in [0.5, 0.6) is 5.75 Å². The fraction of sp³-hybridized carbons (Fsp3) is 0.192. The second-order valence-corrected chi connectivity index (χ2v) is 9.40. The van der Waals surface area contributed by atoms with Crippen LogP contribution in [0.25, 0.3) is 0 Å². The number of amides is 2. The molecule has 1 fully saturated rings. The first kappa shape index (κ1) is 24.8. The minimum atomic E-state index is -0.753. The van der Waals surface area contributed by atoms with Crippen LogP contribution in [-0.2, 0) is 16.0 Å². The average molecular weight is 512 g/mol. The molecule has 4 rings (SSSR count). The summed E-state index contributed by atoms with van der Waals surface area (Å²) < 4.78 is 19.2. The van der Waals surface area contributed by atoms with Crippen LogP contribution >= 0.6 is 23.4 Å². The van der Waals surface area contributed by atoms with Crippen molar-refractivity contribution in [1.29, 1.82) is 0 Å². The maximum Gasteiger partial charge on any atom is 0.238 e. The Morgan fingerprint density at radius 2 is 1.94 bits per heavy atom. The minimum Gasteiger partial charge on any atom is -0.497 e. The standard InChI is InChI=1S/C26H23ClFN3O3S/c1-34-20-11-9-17(10-12-20)13-14-31-24(32)16-23(25(33)30-22-8-3-2-7-21(22)28)35-26(31)29-19-6-4-5-18(27)15-19/h2-12,15,23H,13-14,16H2,1H3,(H,30,33). The lowest BCUT2D eigenvalue weighted by Gasteiger charge is -2.32. The number of hydrogen-bond acceptors (Lipinski definition) is 5. The number of thioether (sulfide) groups is 1. The second-order valence-electron chi connectivity index (χ2n) is 7.80. The molecule has 1 heterocycles. The Morgan fingerprint density at radius 1 is 1.17 bits per heavy atom. The first-order valence-electron chi connectivity index (χ1n) is 10.9. The van der Waals surface area contributed by atoms with E-state index in [-0.39, 0.29) is 18.0 Å². The van der Waals surface area contributed by atoms with E-state index in [1.54, 1.807) is 48.4 Å². The molecule has 0 radical (unpaired) electrons. The number of carbonyl (C=O) groups excluding carboxylic acids is 2. The van der Waals surface area contributed by atoms with Gasteiger partial charge in [-0.25, -0.2) is 9.38 Å². The van der Waals surface area contributed by atoms with E-state index in [9.17, 15) is 14.0 Å². The number of amidine groups is 1. The van der Waals surface area contributed by atoms with Crippen molar-refractivity contribution in [2.75, 3.05) is 19.0 Å². The van der Waals surface area contributed by atoms with Crippen LogP contribution in [0, 0.1) is 5.82 Å². The average Bonchev–Trinajstić information content (AvgIpc) is 2.85. The number of halogens is 2. The molecular formula is C26H23ClFN3O3S. The van der Waals surface area contributed by atoms with Gasteiger partial charge in [0.15, 0.2) is 5.17 Å². The maximum atomic E-state index is 14.0. The van der Waals surface area contributed by atoms with E-state index in [0.717, 1.165) is 11.3 Å². The third kappa shape index (κ3) is 6.41. The number of carbonyl (C=O) groups is 2. The highest BCUT2D eigenvalue weighted by atomic mass is 35.5. The van der Waals surface area contributed by atoms with E-state index < -0.39 is 17.0 Å². The molecule has 1 N–H and O–H groups in total. The highest BCUT2D eigenvalue weighted by Gasteiger charge is 2.36. The van der Waals surface area contributed by atoms with Gasteiger partial charge in [0.05, 0.1) is 18.5 Å². The fourth-order valence-corrected chi connectivity index (χ4v) is 4.84. The van der Waals surface area contributed by atoms with E-state index in [2.05, 4.69) is 10.3 Å². The molecule has 1 saturated heterocycles. The fourth-order valence-electron chi connectivity index (χ4n) is 3.53. The van der Waals surface area contributed by atoms with Crippen LogP contribution in [0.1, 0.15) is 12.0 Å². The number of anilines is 1. The lowest BCUT2D eigenvalue weighted by molar-refractivity contribution is -0.129. The summed E-state index contributed by atoms with van der Waals surface area (Å²) in [5, 5.41) is 2.74. The minimum absolute atomic E-state index is 0.0257. The Balaban J connectivity index is 1.55. The highest BCUT2D eigenvalue weighted by Crippen LogP contribution is 2.31. The Morgan fingerprint density at radius 3 is 2.66 bits per heavy atom. The smallest absolute Gasteiger partial charge is 0.238 e. The predicted molar refractivity (Wildman–Crippen MR) is 138 cm³/mol. The van der Waals surface area contributed by atoms with Crippen LogP contribution < -0.4 is 10.1 Å². The SMILES string of the molecule is COc1ccc(CCN2C(=O)CC(C(=O)Nc3ccccc3F)SC2=Nc2cccc(Cl)c2)cc1. The van der Waals surface area contributed by atoms with E-state index in [0.29, 0.717) is 28.8 Å². The van der Waals surface area contributed by atoms with Crippen LogP contribution in [0.3, 0.4) is 0 Å². The number of benzene rings is 3. The first-order valence-corrected chi connectivity index (χ1v) is 12.2. The molecule has 3 aromatic carbocycles. The summed E-state index contributed by atoms with van der Waals surface area (Å²) in [6.07, 6.45) is 0.569. The van der Waals surface area contributed by atoms with Crippen molar-refractivity contribution in [2.24, 2.45) is 4.99 Å². The number of nitrogens with one attached hydrogen (secondary N) is 1. The maximum absolute atomic E-state index is 14.0. The highest BCUT2D eigenvalue weighted by molar-refractivity contribution is 8.15. The molecule has 0 aromatic heterocycles. The Labute approximate surface area is 212 Å². The number of nitrogens with zero attached hydrogens (tertiary/aromatic N) is 2. The van der Waals surface area contributed by atoms with Gasteiger partial charge in [-0.05, 0) is 54.4 Å². The van der Waals surface area contributed by atoms with Crippen LogP contribution in [0.15, 0.2) is 77.8 Å². The summed E-state index contributed by atoms with van der Waals surface area (Å²) in [4.78, 5) is 32.3. The Kier molecular flexibility index (Phi) is 8.05. The second kappa shape index (κ2) is 11.4. The number of methoxy groups -OCH3 is 1. The number of aliphatic imine (C=N–C) groups is 1. The Hall–Kier alpha value is -3.36. The topological polar surface area (TPSA) is 71.0 Å². The molecule has 1 unspecified atom stereocenters. The molecule has 0 aliphatic carbocycles. The monoisotopic (exact) mass is 511 g/mol. The molecule has 1 aliphatic rings. The molecule has 180 valence electrons. The predicted octanol–water partition coefficient (Wildman–Crippen LogP) is 5.69. The van der Waals surface area contributed by atoms with E-state index in [1.807, 2.05) is 24.3 Å². The number of para-hydroxylation sites is 1. The van der Waals surface area contributed by atoms with E-state index in [4.69, 9.17) is 16.3 Å². The van der Waals surface area contributed by atoms with E-state index >= 15 is 0 Å². The van der Waals surface area contributed by atoms with Gasteiger partial charge in [-0.3, -0.25) is 14.5 Å². The molecule has 6 nitrogen and oxygen atoms in total. The van der Waals surface area contributed by atoms with Gasteiger partial charge in [-0.2, -0.15) is 0 Å². The normalized spacial score (nSPS) is 16.9. The zero-order valence-electron chi connectivity index (χ0n) is 18.9. The third-order valence-electron chi connectivity index (χ3n) is 5.38. The van der Waals surface area contributed by atoms with Gasteiger partial charge in [0, 0.05) is 18.0 Å². The van der Waals surface area contributed by atoms with Crippen molar-refractivity contribution in [3.05, 3.63) is 89.2 Å². The molecule has 2 amide bonds. The molecule has 0 bridgehead atoms. The summed E-state index contributed by atoms with van der Waals surface area (Å²) in [5.41, 5.74) is 1.67. The number of rotatable bonds is 7. The molecule has 1 aliphatic heterocycles. The summed E-state index contributed by atoms with van der Waals surface area (Å²) in [6.45, 7) is 0.388. The molecule has 35 heavy (non-hydrogen) atoms. The van der Waals surface area contributed by atoms with Gasteiger partial charge in [0.2, 0.25) is 11.8 Å². The summed E-state index contributed by atoms with van der Waals surface area (Å²) in [6, 6.07) is 20.5. The van der Waals surface area contributed by atoms with Crippen molar-refractivity contribution in [1.82, 2.24) is 4.90 Å². The lowest BCUT2D eigenvalue weighted by Crippen LogP contribution is -2.46.